The standard InChI is InChI=1S/C29H34FN3O4S/c1-21(2)31-29(35)27(18-23-13-6-5-7-14-23)32(19-24-15-9-10-16-25(24)30)28(34)20-33(38(4,36)37)26-17-11-8-12-22(26)3/h5-17,21,27H,18-20H2,1-4H3,(H,31,35)/t27-/m1/s1. The molecular weight excluding hydrogens is 505 g/mol. The Kier molecular flexibility index (Phi) is 9.63. The highest BCUT2D eigenvalue weighted by atomic mass is 32.2. The van der Waals surface area contributed by atoms with Crippen LogP contribution in [0, 0.1) is 12.7 Å². The molecule has 0 spiro atoms. The average Bonchev–Trinajstić information content (AvgIpc) is 2.85. The summed E-state index contributed by atoms with van der Waals surface area (Å²) in [5.74, 6) is -1.55. The molecule has 38 heavy (non-hydrogen) atoms. The highest BCUT2D eigenvalue weighted by molar-refractivity contribution is 7.92. The number of halogens is 1. The molecule has 0 radical (unpaired) electrons. The number of nitrogens with one attached hydrogen (secondary N) is 1. The van der Waals surface area contributed by atoms with Crippen LogP contribution in [0.5, 0.6) is 0 Å². The number of carbonyl (C=O) groups is 2. The van der Waals surface area contributed by atoms with Crippen LogP contribution in [0.2, 0.25) is 0 Å². The molecule has 3 rings (SSSR count). The molecule has 3 aromatic rings. The summed E-state index contributed by atoms with van der Waals surface area (Å²) in [6.07, 6.45) is 1.20. The fraction of sp³-hybridized carbons (Fsp3) is 0.310. The van der Waals surface area contributed by atoms with Crippen LogP contribution in [0.3, 0.4) is 0 Å². The van der Waals surface area contributed by atoms with Crippen molar-refractivity contribution in [1.82, 2.24) is 10.2 Å². The number of hydrogen-bond donors (Lipinski definition) is 1. The van der Waals surface area contributed by atoms with Gasteiger partial charge < -0.3 is 10.2 Å². The Labute approximate surface area is 224 Å². The van der Waals surface area contributed by atoms with Crippen LogP contribution < -0.4 is 9.62 Å². The van der Waals surface area contributed by atoms with Crippen molar-refractivity contribution >= 4 is 27.5 Å². The average molecular weight is 540 g/mol. The molecule has 0 unspecified atom stereocenters. The highest BCUT2D eigenvalue weighted by Gasteiger charge is 2.33. The summed E-state index contributed by atoms with van der Waals surface area (Å²) in [6, 6.07) is 20.9. The van der Waals surface area contributed by atoms with Gasteiger partial charge in [0, 0.05) is 24.6 Å². The number of benzene rings is 3. The second kappa shape index (κ2) is 12.7. The number of hydrogen-bond acceptors (Lipinski definition) is 4. The van der Waals surface area contributed by atoms with Crippen molar-refractivity contribution in [3.8, 4) is 0 Å². The van der Waals surface area contributed by atoms with Gasteiger partial charge in [-0.1, -0.05) is 66.7 Å². The molecular formula is C29H34FN3O4S. The highest BCUT2D eigenvalue weighted by Crippen LogP contribution is 2.24. The minimum absolute atomic E-state index is 0.169. The van der Waals surface area contributed by atoms with E-state index >= 15 is 0 Å². The molecule has 0 heterocycles. The van der Waals surface area contributed by atoms with Crippen LogP contribution in [0.25, 0.3) is 0 Å². The second-order valence-electron chi connectivity index (χ2n) is 9.54. The van der Waals surface area contributed by atoms with Gasteiger partial charge in [0.05, 0.1) is 11.9 Å². The van der Waals surface area contributed by atoms with Crippen molar-refractivity contribution < 1.29 is 22.4 Å². The van der Waals surface area contributed by atoms with Crippen LogP contribution in [0.15, 0.2) is 78.9 Å². The van der Waals surface area contributed by atoms with E-state index in [-0.39, 0.29) is 24.6 Å². The third kappa shape index (κ3) is 7.64. The van der Waals surface area contributed by atoms with Crippen LogP contribution in [-0.4, -0.2) is 50.0 Å². The third-order valence-electron chi connectivity index (χ3n) is 6.06. The number of carbonyl (C=O) groups excluding carboxylic acids is 2. The van der Waals surface area contributed by atoms with E-state index in [0.29, 0.717) is 11.3 Å². The first kappa shape index (κ1) is 28.8. The van der Waals surface area contributed by atoms with E-state index in [1.807, 2.05) is 44.2 Å². The molecule has 0 saturated carbocycles. The molecule has 0 bridgehead atoms. The van der Waals surface area contributed by atoms with Gasteiger partial charge in [-0.05, 0) is 44.0 Å². The van der Waals surface area contributed by atoms with Gasteiger partial charge in [0.25, 0.3) is 0 Å². The predicted molar refractivity (Wildman–Crippen MR) is 148 cm³/mol. The Bertz CT molecular complexity index is 1360. The van der Waals surface area contributed by atoms with Crippen molar-refractivity contribution in [1.29, 1.82) is 0 Å². The summed E-state index contributed by atoms with van der Waals surface area (Å²) in [4.78, 5) is 28.7. The molecule has 0 aliphatic heterocycles. The number of aryl methyl sites for hydroxylation is 1. The van der Waals surface area contributed by atoms with Gasteiger partial charge in [-0.3, -0.25) is 13.9 Å². The molecule has 9 heteroatoms. The van der Waals surface area contributed by atoms with Gasteiger partial charge in [0.2, 0.25) is 21.8 Å². The summed E-state index contributed by atoms with van der Waals surface area (Å²) in [5, 5.41) is 2.86. The van der Waals surface area contributed by atoms with Gasteiger partial charge in [0.15, 0.2) is 0 Å². The Morgan fingerprint density at radius 2 is 1.53 bits per heavy atom. The van der Waals surface area contributed by atoms with E-state index in [4.69, 9.17) is 0 Å². The van der Waals surface area contributed by atoms with Gasteiger partial charge in [-0.15, -0.1) is 0 Å². The van der Waals surface area contributed by atoms with Crippen LogP contribution in [-0.2, 0) is 32.6 Å². The monoisotopic (exact) mass is 539 g/mol. The minimum Gasteiger partial charge on any atom is -0.352 e. The first-order valence-corrected chi connectivity index (χ1v) is 14.2. The van der Waals surface area contributed by atoms with Gasteiger partial charge in [-0.2, -0.15) is 0 Å². The zero-order valence-corrected chi connectivity index (χ0v) is 22.9. The fourth-order valence-corrected chi connectivity index (χ4v) is 5.09. The van der Waals surface area contributed by atoms with E-state index in [0.717, 1.165) is 16.1 Å². The summed E-state index contributed by atoms with van der Waals surface area (Å²) in [7, 11) is -3.86. The Morgan fingerprint density at radius 1 is 0.921 bits per heavy atom. The molecule has 3 aromatic carbocycles. The van der Waals surface area contributed by atoms with Gasteiger partial charge >= 0.3 is 0 Å². The molecule has 202 valence electrons. The van der Waals surface area contributed by atoms with Crippen molar-refractivity contribution in [3.05, 3.63) is 101 Å². The Morgan fingerprint density at radius 3 is 2.13 bits per heavy atom. The van der Waals surface area contributed by atoms with Crippen LogP contribution in [0.1, 0.15) is 30.5 Å². The maximum atomic E-state index is 14.7. The topological polar surface area (TPSA) is 86.8 Å². The normalized spacial score (nSPS) is 12.2. The second-order valence-corrected chi connectivity index (χ2v) is 11.4. The van der Waals surface area contributed by atoms with Crippen molar-refractivity contribution in [2.24, 2.45) is 0 Å². The Hall–Kier alpha value is -3.72. The maximum absolute atomic E-state index is 14.7. The molecule has 2 amide bonds. The molecule has 0 aliphatic rings. The first-order chi connectivity index (χ1) is 18.0. The number of rotatable bonds is 11. The molecule has 0 aliphatic carbocycles. The number of para-hydroxylation sites is 1. The van der Waals surface area contributed by atoms with Crippen molar-refractivity contribution in [3.63, 3.8) is 0 Å². The lowest BCUT2D eigenvalue weighted by Crippen LogP contribution is -2.54. The summed E-state index contributed by atoms with van der Waals surface area (Å²) in [6.45, 7) is 4.62. The molecule has 0 aromatic heterocycles. The summed E-state index contributed by atoms with van der Waals surface area (Å²) >= 11 is 0. The SMILES string of the molecule is Cc1ccccc1N(CC(=O)N(Cc1ccccc1F)[C@H](Cc1ccccc1)C(=O)NC(C)C)S(C)(=O)=O. The first-order valence-electron chi connectivity index (χ1n) is 12.4. The lowest BCUT2D eigenvalue weighted by Gasteiger charge is -2.34. The maximum Gasteiger partial charge on any atom is 0.244 e. The van der Waals surface area contributed by atoms with E-state index in [1.165, 1.54) is 11.0 Å². The lowest BCUT2D eigenvalue weighted by molar-refractivity contribution is -0.140. The third-order valence-corrected chi connectivity index (χ3v) is 7.19. The van der Waals surface area contributed by atoms with E-state index in [1.54, 1.807) is 49.4 Å². The van der Waals surface area contributed by atoms with Crippen molar-refractivity contribution in [2.75, 3.05) is 17.1 Å². The quantitative estimate of drug-likeness (QED) is 0.398. The van der Waals surface area contributed by atoms with E-state index in [9.17, 15) is 22.4 Å². The van der Waals surface area contributed by atoms with Crippen LogP contribution >= 0.6 is 0 Å². The van der Waals surface area contributed by atoms with Crippen molar-refractivity contribution in [2.45, 2.75) is 45.8 Å². The molecule has 7 nitrogen and oxygen atoms in total. The fourth-order valence-electron chi connectivity index (χ4n) is 4.18. The van der Waals surface area contributed by atoms with Crippen LogP contribution in [0.4, 0.5) is 10.1 Å². The number of anilines is 1. The molecule has 0 saturated heterocycles. The summed E-state index contributed by atoms with van der Waals surface area (Å²) in [5.41, 5.74) is 2.06. The van der Waals surface area contributed by atoms with Gasteiger partial charge in [-0.25, -0.2) is 12.8 Å². The Balaban J connectivity index is 2.08. The summed E-state index contributed by atoms with van der Waals surface area (Å²) < 4.78 is 41.4. The number of sulfonamides is 1. The van der Waals surface area contributed by atoms with Gasteiger partial charge in [0.1, 0.15) is 18.4 Å². The zero-order valence-electron chi connectivity index (χ0n) is 22.1. The minimum atomic E-state index is -3.86. The smallest absolute Gasteiger partial charge is 0.244 e. The molecule has 0 fully saturated rings. The largest absolute Gasteiger partial charge is 0.352 e. The van der Waals surface area contributed by atoms with E-state index < -0.39 is 40.2 Å². The predicted octanol–water partition coefficient (Wildman–Crippen LogP) is 4.06. The number of amides is 2. The molecule has 1 atom stereocenters. The lowest BCUT2D eigenvalue weighted by atomic mass is 10.0. The molecule has 1 N–H and O–H groups in total. The number of nitrogens with zero attached hydrogens (tertiary/aromatic N) is 2. The van der Waals surface area contributed by atoms with E-state index in [2.05, 4.69) is 5.32 Å². The zero-order chi connectivity index (χ0) is 27.9.